The van der Waals surface area contributed by atoms with E-state index in [1.807, 2.05) is 0 Å². The lowest BCUT2D eigenvalue weighted by Crippen LogP contribution is -2.57. The lowest BCUT2D eigenvalue weighted by Gasteiger charge is -2.39. The van der Waals surface area contributed by atoms with Crippen molar-refractivity contribution in [1.29, 1.82) is 0 Å². The summed E-state index contributed by atoms with van der Waals surface area (Å²) in [6, 6.07) is 7.04. The first-order chi connectivity index (χ1) is 31.1. The van der Waals surface area contributed by atoms with Crippen molar-refractivity contribution in [2.45, 2.75) is 185 Å². The van der Waals surface area contributed by atoms with Gasteiger partial charge in [0.2, 0.25) is 5.91 Å². The van der Waals surface area contributed by atoms with E-state index in [-0.39, 0.29) is 61.1 Å². The highest BCUT2D eigenvalue weighted by atomic mass is 32.3. The first kappa shape index (κ1) is 57.0. The minimum absolute atomic E-state index is 0.0554. The molecule has 1 heterocycles. The Bertz CT molecular complexity index is 2100. The van der Waals surface area contributed by atoms with Gasteiger partial charge in [-0.1, -0.05) is 116 Å². The monoisotopic (exact) mass is 996 g/mol. The number of hydrogen-bond donors (Lipinski definition) is 9. The number of fused-ring (bicyclic) bond motifs is 1. The van der Waals surface area contributed by atoms with Gasteiger partial charge in [-0.2, -0.15) is 25.3 Å². The largest absolute Gasteiger partial charge is 0.508 e. The maximum atomic E-state index is 13.9. The second kappa shape index (κ2) is 28.2. The van der Waals surface area contributed by atoms with Crippen molar-refractivity contribution < 1.29 is 76.7 Å². The van der Waals surface area contributed by atoms with Crippen molar-refractivity contribution in [2.75, 3.05) is 13.1 Å². The van der Waals surface area contributed by atoms with Gasteiger partial charge in [-0.3, -0.25) is 23.8 Å². The Balaban J connectivity index is 1.46. The molecular weight excluding hydrogens is 925 g/mol. The highest BCUT2D eigenvalue weighted by molar-refractivity contribution is 7.81. The summed E-state index contributed by atoms with van der Waals surface area (Å²) in [6.45, 7) is 2.75. The van der Waals surface area contributed by atoms with Crippen LogP contribution in [0.2, 0.25) is 0 Å². The van der Waals surface area contributed by atoms with Crippen LogP contribution in [0.15, 0.2) is 30.3 Å². The zero-order valence-electron chi connectivity index (χ0n) is 37.9. The zero-order chi connectivity index (χ0) is 48.8. The van der Waals surface area contributed by atoms with Gasteiger partial charge in [-0.25, -0.2) is 12.5 Å². The first-order valence-electron chi connectivity index (χ1n) is 23.2. The fourth-order valence-electron chi connectivity index (χ4n) is 8.80. The molecule has 0 fully saturated rings. The Labute approximate surface area is 390 Å². The number of aromatic hydroxyl groups is 4. The number of carbonyl (C=O) groups excluding carboxylic acids is 1. The highest BCUT2D eigenvalue weighted by Crippen LogP contribution is 2.41. The summed E-state index contributed by atoms with van der Waals surface area (Å²) < 4.78 is 113. The number of phenols is 4. The van der Waals surface area contributed by atoms with Crippen molar-refractivity contribution >= 4 is 37.1 Å². The normalized spacial score (nSPS) is 17.0. The third-order valence-corrected chi connectivity index (χ3v) is 13.3. The molecule has 0 bridgehead atoms. The van der Waals surface area contributed by atoms with Crippen LogP contribution in [0.1, 0.15) is 165 Å². The molecule has 0 aliphatic carbocycles. The van der Waals surface area contributed by atoms with E-state index in [1.54, 1.807) is 6.07 Å². The van der Waals surface area contributed by atoms with E-state index in [0.717, 1.165) is 77.0 Å². The van der Waals surface area contributed by atoms with Crippen LogP contribution in [-0.4, -0.2) is 96.6 Å². The number of phenolic OH excluding ortho intramolecular Hbond substituents is 4. The molecule has 9 N–H and O–H groups in total. The molecule has 2 aromatic rings. The summed E-state index contributed by atoms with van der Waals surface area (Å²) in [4.78, 5) is 13.9. The fraction of sp³-hybridized carbons (Fsp3) is 0.705. The smallest absolute Gasteiger partial charge is 0.397 e. The van der Waals surface area contributed by atoms with E-state index in [9.17, 15) is 64.1 Å². The molecule has 0 aromatic heterocycles. The lowest BCUT2D eigenvalue weighted by molar-refractivity contribution is -0.128. The molecule has 22 heteroatoms. The molecule has 1 aliphatic rings. The summed E-state index contributed by atoms with van der Waals surface area (Å²) in [5.41, 5.74) is 0.529. The van der Waals surface area contributed by atoms with Crippen molar-refractivity contribution in [2.24, 2.45) is 0 Å². The van der Waals surface area contributed by atoms with Crippen LogP contribution in [0, 0.1) is 0 Å². The maximum absolute atomic E-state index is 13.9. The Kier molecular flexibility index (Phi) is 24.4. The van der Waals surface area contributed by atoms with Gasteiger partial charge in [0.1, 0.15) is 40.7 Å². The van der Waals surface area contributed by atoms with Gasteiger partial charge in [0.25, 0.3) is 0 Å². The minimum Gasteiger partial charge on any atom is -0.508 e. The second-order valence-electron chi connectivity index (χ2n) is 17.3. The molecule has 19 nitrogen and oxygen atoms in total. The van der Waals surface area contributed by atoms with E-state index in [1.165, 1.54) is 24.3 Å². The second-order valence-corrected chi connectivity index (χ2v) is 20.4. The van der Waals surface area contributed by atoms with Crippen LogP contribution in [0.25, 0.3) is 0 Å². The predicted octanol–water partition coefficient (Wildman–Crippen LogP) is 7.38. The number of nitrogens with one attached hydrogen (secondary N) is 2. The lowest BCUT2D eigenvalue weighted by atomic mass is 9.77. The number of unbranched alkanes of at least 4 members (excludes halogenated alkanes) is 15. The number of amides is 1. The Hall–Kier alpha value is -3.32. The summed E-state index contributed by atoms with van der Waals surface area (Å²) in [6.07, 6.45) is 10.5. The average Bonchev–Trinajstić information content (AvgIpc) is 3.19. The molecule has 0 saturated heterocycles. The van der Waals surface area contributed by atoms with Crippen LogP contribution in [-0.2, 0) is 66.9 Å². The first-order valence-corrected chi connectivity index (χ1v) is 27.3. The average molecular weight is 997 g/mol. The van der Waals surface area contributed by atoms with E-state index in [4.69, 9.17) is 12.5 Å². The standard InChI is InChI=1S/C44H72N2O17S3/c1-2-3-4-5-10-14-17-20-40(62-65(55,56)57)41(63-66(58,59)60)22-21-38(61-64(52,53)54)19-16-13-11-8-6-7-9-12-15-18-25-44(42-34(24-27-46-44)30-37(49)32-39(42)50)43(51)45-26-23-33-28-35(47)31-36(48)29-33/h28-32,38,40-41,46-50H,2-27H2,1H3,(H,45,51)(H,52,53,54)(H,55,56,57)(H,58,59,60)/t38-,40-,41-,44+/m0/s1. The fourth-order valence-corrected chi connectivity index (χ4v) is 10.4. The summed E-state index contributed by atoms with van der Waals surface area (Å²) in [7, 11) is -15.1. The molecule has 2 aromatic carbocycles. The molecule has 1 amide bonds. The van der Waals surface area contributed by atoms with Gasteiger partial charge in [-0.05, 0) is 74.3 Å². The third-order valence-electron chi connectivity index (χ3n) is 11.8. The molecule has 0 unspecified atom stereocenters. The highest BCUT2D eigenvalue weighted by Gasteiger charge is 2.45. The minimum atomic E-state index is -5.14. The van der Waals surface area contributed by atoms with Crippen molar-refractivity contribution in [3.8, 4) is 23.0 Å². The van der Waals surface area contributed by atoms with E-state index < -0.39 is 55.0 Å². The molecule has 66 heavy (non-hydrogen) atoms. The quantitative estimate of drug-likeness (QED) is 0.0240. The van der Waals surface area contributed by atoms with Crippen LogP contribution < -0.4 is 10.6 Å². The topological polar surface area (TPSA) is 313 Å². The van der Waals surface area contributed by atoms with Gasteiger partial charge < -0.3 is 25.7 Å². The molecule has 0 spiro atoms. The molecule has 1 aliphatic heterocycles. The molecule has 378 valence electrons. The maximum Gasteiger partial charge on any atom is 0.397 e. The molecule has 3 rings (SSSR count). The number of carbonyl (C=O) groups is 1. The van der Waals surface area contributed by atoms with Gasteiger partial charge in [0.05, 0.1) is 6.10 Å². The van der Waals surface area contributed by atoms with Crippen molar-refractivity contribution in [3.05, 3.63) is 47.0 Å². The zero-order valence-corrected chi connectivity index (χ0v) is 40.4. The van der Waals surface area contributed by atoms with Gasteiger partial charge in [-0.15, -0.1) is 0 Å². The molecular formula is C44H72N2O17S3. The Morgan fingerprint density at radius 2 is 1.11 bits per heavy atom. The number of rotatable bonds is 35. The molecule has 4 atom stereocenters. The Morgan fingerprint density at radius 3 is 1.65 bits per heavy atom. The van der Waals surface area contributed by atoms with Crippen molar-refractivity contribution in [3.63, 3.8) is 0 Å². The molecule has 0 radical (unpaired) electrons. The van der Waals surface area contributed by atoms with Crippen LogP contribution >= 0.6 is 0 Å². The van der Waals surface area contributed by atoms with Crippen LogP contribution in [0.5, 0.6) is 23.0 Å². The van der Waals surface area contributed by atoms with Crippen LogP contribution in [0.4, 0.5) is 0 Å². The van der Waals surface area contributed by atoms with Crippen LogP contribution in [0.3, 0.4) is 0 Å². The summed E-state index contributed by atoms with van der Waals surface area (Å²) in [5.74, 6) is -0.762. The van der Waals surface area contributed by atoms with Crippen molar-refractivity contribution in [1.82, 2.24) is 10.6 Å². The SMILES string of the molecule is CCCCCCCCC[C@H](OS(=O)(=O)O)[C@H](CC[C@H](CCCCCCCCCCCC[C@@]1(C(=O)NCCc2cc(O)cc(O)c2)NCCc2cc(O)cc(O)c21)OS(=O)(=O)O)OS(=O)(=O)O. The number of hydrogen-bond acceptors (Lipinski definition) is 15. The van der Waals surface area contributed by atoms with E-state index >= 15 is 0 Å². The Morgan fingerprint density at radius 1 is 0.621 bits per heavy atom. The third kappa shape index (κ3) is 22.2. The van der Waals surface area contributed by atoms with Gasteiger partial charge in [0, 0.05) is 30.8 Å². The number of benzene rings is 2. The van der Waals surface area contributed by atoms with E-state index in [0.29, 0.717) is 74.6 Å². The van der Waals surface area contributed by atoms with Gasteiger partial charge >= 0.3 is 31.2 Å². The summed E-state index contributed by atoms with van der Waals surface area (Å²) in [5, 5.41) is 47.2. The predicted molar refractivity (Wildman–Crippen MR) is 246 cm³/mol. The summed E-state index contributed by atoms with van der Waals surface area (Å²) >= 11 is 0. The van der Waals surface area contributed by atoms with E-state index in [2.05, 4.69) is 17.6 Å². The van der Waals surface area contributed by atoms with Gasteiger partial charge in [0.15, 0.2) is 0 Å². The molecule has 0 saturated carbocycles.